The van der Waals surface area contributed by atoms with E-state index >= 15 is 0 Å². The van der Waals surface area contributed by atoms with Crippen molar-refractivity contribution in [2.24, 2.45) is 5.92 Å². The van der Waals surface area contributed by atoms with E-state index in [1.54, 1.807) is 29.2 Å². The van der Waals surface area contributed by atoms with Crippen LogP contribution in [0.25, 0.3) is 0 Å². The molecular formula is C22H31N5O5. The van der Waals surface area contributed by atoms with Gasteiger partial charge in [0.25, 0.3) is 5.56 Å². The second-order valence-corrected chi connectivity index (χ2v) is 7.89. The third-order valence-corrected chi connectivity index (χ3v) is 4.78. The Morgan fingerprint density at radius 1 is 1.22 bits per heavy atom. The lowest BCUT2D eigenvalue weighted by atomic mass is 10.2. The van der Waals surface area contributed by atoms with Crippen molar-refractivity contribution in [3.63, 3.8) is 0 Å². The molecule has 1 amide bonds. The Bertz CT molecular complexity index is 1060. The van der Waals surface area contributed by atoms with E-state index in [1.807, 2.05) is 20.8 Å². The zero-order valence-electron chi connectivity index (χ0n) is 18.9. The number of benzene rings is 1. The number of H-pyrrole nitrogens is 1. The SMILES string of the molecule is CCCCN(CC(=O)Nc1ccc(C(=O)OC)cc1)c1c(N)n(CC(C)C)c(=O)[nH]c1=O. The average Bonchev–Trinajstić information content (AvgIpc) is 2.74. The molecule has 0 saturated carbocycles. The Hall–Kier alpha value is -3.56. The maximum atomic E-state index is 12.7. The number of unbranched alkanes of at least 4 members (excludes halogenated alkanes) is 1. The summed E-state index contributed by atoms with van der Waals surface area (Å²) in [6.45, 7) is 6.49. The maximum Gasteiger partial charge on any atom is 0.337 e. The van der Waals surface area contributed by atoms with Crippen molar-refractivity contribution in [1.29, 1.82) is 0 Å². The van der Waals surface area contributed by atoms with Gasteiger partial charge in [-0.25, -0.2) is 9.59 Å². The second kappa shape index (κ2) is 11.2. The lowest BCUT2D eigenvalue weighted by molar-refractivity contribution is -0.115. The van der Waals surface area contributed by atoms with Crippen molar-refractivity contribution in [2.75, 3.05) is 36.1 Å². The number of nitrogens with zero attached hydrogens (tertiary/aromatic N) is 2. The molecule has 0 aliphatic rings. The van der Waals surface area contributed by atoms with Gasteiger partial charge in [0.1, 0.15) is 11.5 Å². The van der Waals surface area contributed by atoms with Gasteiger partial charge in [0.2, 0.25) is 5.91 Å². The molecule has 0 atom stereocenters. The first kappa shape index (κ1) is 24.7. The zero-order valence-corrected chi connectivity index (χ0v) is 18.9. The monoisotopic (exact) mass is 445 g/mol. The molecule has 0 aliphatic heterocycles. The number of nitrogen functional groups attached to an aromatic ring is 1. The number of ether oxygens (including phenoxy) is 1. The van der Waals surface area contributed by atoms with Crippen molar-refractivity contribution < 1.29 is 14.3 Å². The van der Waals surface area contributed by atoms with E-state index in [9.17, 15) is 19.2 Å². The number of aromatic amines is 1. The number of methoxy groups -OCH3 is 1. The molecule has 0 unspecified atom stereocenters. The highest BCUT2D eigenvalue weighted by atomic mass is 16.5. The van der Waals surface area contributed by atoms with Crippen molar-refractivity contribution in [3.05, 3.63) is 50.7 Å². The van der Waals surface area contributed by atoms with Crippen LogP contribution in [0.5, 0.6) is 0 Å². The maximum absolute atomic E-state index is 12.7. The van der Waals surface area contributed by atoms with Crippen LogP contribution in [-0.2, 0) is 16.1 Å². The Labute approximate surface area is 186 Å². The number of hydrogen-bond donors (Lipinski definition) is 3. The van der Waals surface area contributed by atoms with E-state index in [1.165, 1.54) is 11.7 Å². The van der Waals surface area contributed by atoms with E-state index in [-0.39, 0.29) is 29.9 Å². The molecule has 0 bridgehead atoms. The fourth-order valence-electron chi connectivity index (χ4n) is 3.23. The Morgan fingerprint density at radius 2 is 1.88 bits per heavy atom. The molecule has 1 aromatic carbocycles. The molecule has 2 rings (SSSR count). The lowest BCUT2D eigenvalue weighted by Crippen LogP contribution is -2.42. The van der Waals surface area contributed by atoms with Gasteiger partial charge in [0, 0.05) is 18.8 Å². The molecule has 10 nitrogen and oxygen atoms in total. The minimum absolute atomic E-state index is 0.0405. The molecule has 4 N–H and O–H groups in total. The molecule has 0 radical (unpaired) electrons. The van der Waals surface area contributed by atoms with Gasteiger partial charge in [0.15, 0.2) is 0 Å². The minimum atomic E-state index is -0.626. The summed E-state index contributed by atoms with van der Waals surface area (Å²) in [4.78, 5) is 53.0. The second-order valence-electron chi connectivity index (χ2n) is 7.89. The number of nitrogens with one attached hydrogen (secondary N) is 2. The predicted molar refractivity (Wildman–Crippen MR) is 124 cm³/mol. The molecule has 0 spiro atoms. The van der Waals surface area contributed by atoms with E-state index in [2.05, 4.69) is 15.0 Å². The Morgan fingerprint density at radius 3 is 2.44 bits per heavy atom. The summed E-state index contributed by atoms with van der Waals surface area (Å²) < 4.78 is 5.98. The van der Waals surface area contributed by atoms with E-state index in [0.717, 1.165) is 12.8 Å². The van der Waals surface area contributed by atoms with Crippen molar-refractivity contribution in [2.45, 2.75) is 40.2 Å². The van der Waals surface area contributed by atoms with Crippen LogP contribution in [0.3, 0.4) is 0 Å². The Balaban J connectivity index is 2.29. The minimum Gasteiger partial charge on any atom is -0.465 e. The van der Waals surface area contributed by atoms with Crippen LogP contribution in [0.15, 0.2) is 33.9 Å². The summed E-state index contributed by atoms with van der Waals surface area (Å²) in [7, 11) is 1.29. The third-order valence-electron chi connectivity index (χ3n) is 4.78. The van der Waals surface area contributed by atoms with Crippen LogP contribution in [0.1, 0.15) is 44.0 Å². The quantitative estimate of drug-likeness (QED) is 0.474. The molecule has 1 aromatic heterocycles. The van der Waals surface area contributed by atoms with E-state index < -0.39 is 17.2 Å². The number of rotatable bonds is 10. The highest BCUT2D eigenvalue weighted by Crippen LogP contribution is 2.19. The van der Waals surface area contributed by atoms with Crippen LogP contribution in [0, 0.1) is 5.92 Å². The summed E-state index contributed by atoms with van der Waals surface area (Å²) in [6, 6.07) is 6.26. The van der Waals surface area contributed by atoms with E-state index in [0.29, 0.717) is 24.3 Å². The highest BCUT2D eigenvalue weighted by molar-refractivity contribution is 5.95. The normalized spacial score (nSPS) is 10.8. The topological polar surface area (TPSA) is 140 Å². The predicted octanol–water partition coefficient (Wildman–Crippen LogP) is 1.81. The number of nitrogens with two attached hydrogens (primary N) is 1. The fraction of sp³-hybridized carbons (Fsp3) is 0.455. The fourth-order valence-corrected chi connectivity index (χ4v) is 3.23. The molecular weight excluding hydrogens is 414 g/mol. The summed E-state index contributed by atoms with van der Waals surface area (Å²) in [5, 5.41) is 2.75. The summed E-state index contributed by atoms with van der Waals surface area (Å²) in [5.41, 5.74) is 5.98. The summed E-state index contributed by atoms with van der Waals surface area (Å²) in [5.74, 6) is -0.667. The van der Waals surface area contributed by atoms with Gasteiger partial charge >= 0.3 is 11.7 Å². The van der Waals surface area contributed by atoms with Crippen LogP contribution in [0.4, 0.5) is 17.2 Å². The van der Waals surface area contributed by atoms with Gasteiger partial charge in [-0.3, -0.25) is 19.1 Å². The standard InChI is InChI=1S/C22H31N5O5/c1-5-6-11-26(18-19(23)27(12-14(2)3)22(31)25-20(18)29)13-17(28)24-16-9-7-15(8-10-16)21(30)32-4/h7-10,14H,5-6,11-13,23H2,1-4H3,(H,24,28)(H,25,29,31). The van der Waals surface area contributed by atoms with Crippen LogP contribution in [-0.4, -0.2) is 41.6 Å². The largest absolute Gasteiger partial charge is 0.465 e. The average molecular weight is 446 g/mol. The number of aromatic nitrogens is 2. The first-order valence-electron chi connectivity index (χ1n) is 10.5. The molecule has 32 heavy (non-hydrogen) atoms. The van der Waals surface area contributed by atoms with Gasteiger partial charge in [-0.2, -0.15) is 0 Å². The Kier molecular flexibility index (Phi) is 8.62. The number of esters is 1. The summed E-state index contributed by atoms with van der Waals surface area (Å²) >= 11 is 0. The number of amides is 1. The molecule has 2 aromatic rings. The van der Waals surface area contributed by atoms with Gasteiger partial charge < -0.3 is 20.7 Å². The number of anilines is 3. The molecule has 174 valence electrons. The van der Waals surface area contributed by atoms with Crippen LogP contribution < -0.4 is 27.2 Å². The molecule has 0 fully saturated rings. The van der Waals surface area contributed by atoms with Gasteiger partial charge in [-0.15, -0.1) is 0 Å². The third kappa shape index (κ3) is 6.22. The van der Waals surface area contributed by atoms with Crippen molar-refractivity contribution >= 4 is 29.1 Å². The smallest absolute Gasteiger partial charge is 0.337 e. The molecule has 0 saturated heterocycles. The van der Waals surface area contributed by atoms with Gasteiger partial charge in [-0.1, -0.05) is 27.2 Å². The molecule has 1 heterocycles. The van der Waals surface area contributed by atoms with Crippen molar-refractivity contribution in [1.82, 2.24) is 9.55 Å². The molecule has 10 heteroatoms. The molecule has 0 aliphatic carbocycles. The van der Waals surface area contributed by atoms with Crippen LogP contribution in [0.2, 0.25) is 0 Å². The van der Waals surface area contributed by atoms with Gasteiger partial charge in [0.05, 0.1) is 19.2 Å². The van der Waals surface area contributed by atoms with Crippen molar-refractivity contribution in [3.8, 4) is 0 Å². The summed E-state index contributed by atoms with van der Waals surface area (Å²) in [6.07, 6.45) is 1.57. The number of hydrogen-bond acceptors (Lipinski definition) is 7. The highest BCUT2D eigenvalue weighted by Gasteiger charge is 2.21. The first-order valence-corrected chi connectivity index (χ1v) is 10.5. The van der Waals surface area contributed by atoms with E-state index in [4.69, 9.17) is 5.73 Å². The first-order chi connectivity index (χ1) is 15.2. The van der Waals surface area contributed by atoms with Gasteiger partial charge in [-0.05, 0) is 36.6 Å². The number of carbonyl (C=O) groups is 2. The zero-order chi connectivity index (χ0) is 23.8. The number of carbonyl (C=O) groups excluding carboxylic acids is 2. The lowest BCUT2D eigenvalue weighted by Gasteiger charge is -2.26. The van der Waals surface area contributed by atoms with Crippen LogP contribution >= 0.6 is 0 Å².